The first-order valence-corrected chi connectivity index (χ1v) is 6.32. The minimum absolute atomic E-state index is 0.212. The number of nitrogens with zero attached hydrogens (tertiary/aromatic N) is 1. The molecule has 0 bridgehead atoms. The fourth-order valence-corrected chi connectivity index (χ4v) is 1.95. The van der Waals surface area contributed by atoms with E-state index in [0.29, 0.717) is 23.9 Å². The summed E-state index contributed by atoms with van der Waals surface area (Å²) in [6.45, 7) is 18.6. The van der Waals surface area contributed by atoms with Gasteiger partial charge >= 0.3 is 0 Å². The van der Waals surface area contributed by atoms with E-state index in [1.165, 1.54) is 6.42 Å². The maximum atomic E-state index is 4.21. The van der Waals surface area contributed by atoms with Gasteiger partial charge in [-0.3, -0.25) is 4.99 Å². The molecule has 16 heavy (non-hydrogen) atoms. The second kappa shape index (κ2) is 7.61. The van der Waals surface area contributed by atoms with Gasteiger partial charge in [-0.05, 0) is 32.4 Å². The van der Waals surface area contributed by atoms with Gasteiger partial charge in [0, 0.05) is 12.1 Å². The van der Waals surface area contributed by atoms with E-state index >= 15 is 0 Å². The monoisotopic (exact) mass is 224 g/mol. The van der Waals surface area contributed by atoms with Crippen LogP contribution in [-0.2, 0) is 0 Å². The lowest BCUT2D eigenvalue weighted by atomic mass is 9.94. The van der Waals surface area contributed by atoms with Crippen LogP contribution in [0.5, 0.6) is 0 Å². The SMILES string of the molecule is C=CC(C)C(N=C)C(C)NC(C)C(C)CC. The molecule has 0 heterocycles. The number of rotatable bonds is 8. The predicted octanol–water partition coefficient (Wildman–Crippen LogP) is 3.29. The van der Waals surface area contributed by atoms with Crippen molar-refractivity contribution >= 4 is 6.72 Å². The largest absolute Gasteiger partial charge is 0.309 e. The van der Waals surface area contributed by atoms with E-state index in [0.717, 1.165) is 0 Å². The Morgan fingerprint density at radius 1 is 1.19 bits per heavy atom. The quantitative estimate of drug-likeness (QED) is 0.496. The molecule has 0 aliphatic rings. The first kappa shape index (κ1) is 15.4. The Bertz CT molecular complexity index is 213. The molecule has 0 aliphatic heterocycles. The van der Waals surface area contributed by atoms with Crippen LogP contribution >= 0.6 is 0 Å². The summed E-state index contributed by atoms with van der Waals surface area (Å²) in [6, 6.07) is 1.07. The lowest BCUT2D eigenvalue weighted by Crippen LogP contribution is -2.46. The van der Waals surface area contributed by atoms with Gasteiger partial charge in [0.05, 0.1) is 6.04 Å². The van der Waals surface area contributed by atoms with Crippen LogP contribution in [0.25, 0.3) is 0 Å². The number of aliphatic imine (C=N–C) groups is 1. The van der Waals surface area contributed by atoms with Crippen molar-refractivity contribution in [3.05, 3.63) is 12.7 Å². The van der Waals surface area contributed by atoms with Crippen molar-refractivity contribution in [1.82, 2.24) is 5.32 Å². The van der Waals surface area contributed by atoms with Crippen LogP contribution in [0, 0.1) is 11.8 Å². The van der Waals surface area contributed by atoms with Crippen LogP contribution in [-0.4, -0.2) is 24.8 Å². The summed E-state index contributed by atoms with van der Waals surface area (Å²) in [5.41, 5.74) is 0. The van der Waals surface area contributed by atoms with E-state index in [1.807, 2.05) is 6.08 Å². The molecule has 0 saturated carbocycles. The normalized spacial score (nSPS) is 20.6. The van der Waals surface area contributed by atoms with Crippen molar-refractivity contribution in [3.63, 3.8) is 0 Å². The van der Waals surface area contributed by atoms with E-state index < -0.39 is 0 Å². The molecule has 0 aromatic rings. The zero-order chi connectivity index (χ0) is 12.7. The molecule has 5 unspecified atom stereocenters. The molecule has 2 nitrogen and oxygen atoms in total. The fourth-order valence-electron chi connectivity index (χ4n) is 1.95. The molecule has 0 spiro atoms. The first-order valence-electron chi connectivity index (χ1n) is 6.32. The third-order valence-electron chi connectivity index (χ3n) is 3.66. The smallest absolute Gasteiger partial charge is 0.0702 e. The van der Waals surface area contributed by atoms with E-state index in [9.17, 15) is 0 Å². The molecule has 0 fully saturated rings. The van der Waals surface area contributed by atoms with Crippen molar-refractivity contribution < 1.29 is 0 Å². The topological polar surface area (TPSA) is 24.4 Å². The van der Waals surface area contributed by atoms with Gasteiger partial charge in [-0.1, -0.05) is 33.3 Å². The fraction of sp³-hybridized carbons (Fsp3) is 0.786. The molecule has 0 saturated heterocycles. The van der Waals surface area contributed by atoms with Crippen molar-refractivity contribution in [2.45, 2.75) is 59.2 Å². The summed E-state index contributed by atoms with van der Waals surface area (Å²) in [5, 5.41) is 3.62. The zero-order valence-corrected chi connectivity index (χ0v) is 11.5. The van der Waals surface area contributed by atoms with Crippen LogP contribution in [0.2, 0.25) is 0 Å². The number of hydrogen-bond donors (Lipinski definition) is 1. The molecule has 0 amide bonds. The number of hydrogen-bond acceptors (Lipinski definition) is 2. The van der Waals surface area contributed by atoms with Crippen LogP contribution < -0.4 is 5.32 Å². The van der Waals surface area contributed by atoms with Crippen molar-refractivity contribution in [1.29, 1.82) is 0 Å². The van der Waals surface area contributed by atoms with Gasteiger partial charge < -0.3 is 5.32 Å². The highest BCUT2D eigenvalue weighted by Gasteiger charge is 2.22. The molecule has 0 radical (unpaired) electrons. The van der Waals surface area contributed by atoms with Crippen LogP contribution in [0.15, 0.2) is 17.6 Å². The average molecular weight is 224 g/mol. The molecule has 5 atom stereocenters. The van der Waals surface area contributed by atoms with Gasteiger partial charge in [-0.15, -0.1) is 6.58 Å². The minimum atomic E-state index is 0.212. The molecule has 0 aliphatic carbocycles. The minimum Gasteiger partial charge on any atom is -0.309 e. The molecule has 94 valence electrons. The van der Waals surface area contributed by atoms with Gasteiger partial charge in [0.1, 0.15) is 0 Å². The predicted molar refractivity (Wildman–Crippen MR) is 74.2 cm³/mol. The third kappa shape index (κ3) is 4.48. The molecule has 1 N–H and O–H groups in total. The summed E-state index contributed by atoms with van der Waals surface area (Å²) in [6.07, 6.45) is 3.15. The summed E-state index contributed by atoms with van der Waals surface area (Å²) >= 11 is 0. The van der Waals surface area contributed by atoms with E-state index in [4.69, 9.17) is 0 Å². The van der Waals surface area contributed by atoms with Gasteiger partial charge in [-0.2, -0.15) is 0 Å². The molecule has 2 heteroatoms. The summed E-state index contributed by atoms with van der Waals surface area (Å²) in [4.78, 5) is 4.21. The van der Waals surface area contributed by atoms with Crippen LogP contribution in [0.1, 0.15) is 41.0 Å². The first-order chi connectivity index (χ1) is 7.47. The highest BCUT2D eigenvalue weighted by molar-refractivity contribution is 5.25. The standard InChI is InChI=1S/C14H28N2/c1-8-10(3)12(5)16-13(6)14(15-7)11(4)9-2/h9-14,16H,2,7-8H2,1,3-6H3. The third-order valence-corrected chi connectivity index (χ3v) is 3.66. The molecule has 0 rings (SSSR count). The van der Waals surface area contributed by atoms with Crippen molar-refractivity contribution in [3.8, 4) is 0 Å². The van der Waals surface area contributed by atoms with Crippen LogP contribution in [0.3, 0.4) is 0 Å². The molecule has 0 aromatic heterocycles. The summed E-state index contributed by atoms with van der Waals surface area (Å²) in [5.74, 6) is 1.05. The highest BCUT2D eigenvalue weighted by atomic mass is 15.0. The zero-order valence-electron chi connectivity index (χ0n) is 11.5. The van der Waals surface area contributed by atoms with Crippen molar-refractivity contribution in [2.24, 2.45) is 16.8 Å². The Morgan fingerprint density at radius 3 is 2.12 bits per heavy atom. The Kier molecular flexibility index (Phi) is 7.31. The Morgan fingerprint density at radius 2 is 1.75 bits per heavy atom. The second-order valence-electron chi connectivity index (χ2n) is 4.90. The lowest BCUT2D eigenvalue weighted by molar-refractivity contribution is 0.314. The number of nitrogens with one attached hydrogen (secondary N) is 1. The van der Waals surface area contributed by atoms with Crippen LogP contribution in [0.4, 0.5) is 0 Å². The second-order valence-corrected chi connectivity index (χ2v) is 4.90. The molecular weight excluding hydrogens is 196 g/mol. The van der Waals surface area contributed by atoms with Crippen molar-refractivity contribution in [2.75, 3.05) is 0 Å². The van der Waals surface area contributed by atoms with E-state index in [-0.39, 0.29) is 6.04 Å². The van der Waals surface area contributed by atoms with E-state index in [1.54, 1.807) is 0 Å². The Labute approximate surface area is 101 Å². The lowest BCUT2D eigenvalue weighted by Gasteiger charge is -2.30. The van der Waals surface area contributed by atoms with Gasteiger partial charge in [0.2, 0.25) is 0 Å². The maximum Gasteiger partial charge on any atom is 0.0702 e. The summed E-state index contributed by atoms with van der Waals surface area (Å²) in [7, 11) is 0. The van der Waals surface area contributed by atoms with Gasteiger partial charge in [0.15, 0.2) is 0 Å². The average Bonchev–Trinajstić information content (AvgIpc) is 2.28. The van der Waals surface area contributed by atoms with Gasteiger partial charge in [0.25, 0.3) is 0 Å². The van der Waals surface area contributed by atoms with E-state index in [2.05, 4.69) is 58.2 Å². The Hall–Kier alpha value is -0.630. The van der Waals surface area contributed by atoms with Gasteiger partial charge in [-0.25, -0.2) is 0 Å². The highest BCUT2D eigenvalue weighted by Crippen LogP contribution is 2.15. The molecule has 0 aromatic carbocycles. The Balaban J connectivity index is 4.36. The summed E-state index contributed by atoms with van der Waals surface area (Å²) < 4.78 is 0. The molecular formula is C14H28N2. The maximum absolute atomic E-state index is 4.21.